The third-order valence-electron chi connectivity index (χ3n) is 3.17. The lowest BCUT2D eigenvalue weighted by Gasteiger charge is -2.18. The van der Waals surface area contributed by atoms with Crippen molar-refractivity contribution in [3.63, 3.8) is 0 Å². The van der Waals surface area contributed by atoms with Crippen molar-refractivity contribution in [3.8, 4) is 5.75 Å². The largest absolute Gasteiger partial charge is 0.507 e. The van der Waals surface area contributed by atoms with Gasteiger partial charge in [0.25, 0.3) is 0 Å². The summed E-state index contributed by atoms with van der Waals surface area (Å²) in [6.45, 7) is 0. The first kappa shape index (κ1) is 16.5. The molecule has 0 atom stereocenters. The van der Waals surface area contributed by atoms with Crippen LogP contribution < -0.4 is 5.23 Å². The van der Waals surface area contributed by atoms with Gasteiger partial charge in [-0.2, -0.15) is 0 Å². The van der Waals surface area contributed by atoms with E-state index in [1.807, 2.05) is 0 Å². The monoisotopic (exact) mass is 317 g/mol. The van der Waals surface area contributed by atoms with Crippen LogP contribution in [-0.4, -0.2) is 36.2 Å². The van der Waals surface area contributed by atoms with Crippen molar-refractivity contribution in [2.75, 3.05) is 19.4 Å². The molecule has 7 heteroatoms. The Morgan fingerprint density at radius 2 is 1.57 bits per heavy atom. The van der Waals surface area contributed by atoms with Gasteiger partial charge in [0.2, 0.25) is 0 Å². The summed E-state index contributed by atoms with van der Waals surface area (Å²) in [5.41, 5.74) is 0.222. The number of carboxylic acid groups (broad SMARTS) is 1. The minimum Gasteiger partial charge on any atom is -0.507 e. The van der Waals surface area contributed by atoms with Gasteiger partial charge in [-0.25, -0.2) is 4.79 Å². The second-order valence-corrected chi connectivity index (χ2v) is 4.50. The molecule has 7 nitrogen and oxygen atoms in total. The van der Waals surface area contributed by atoms with E-state index in [0.717, 1.165) is 5.23 Å². The smallest absolute Gasteiger partial charge is 0.336 e. The molecule has 120 valence electrons. The van der Waals surface area contributed by atoms with Gasteiger partial charge in [0.05, 0.1) is 31.0 Å². The summed E-state index contributed by atoms with van der Waals surface area (Å²) in [7, 11) is 2.76. The van der Waals surface area contributed by atoms with Crippen molar-refractivity contribution >= 4 is 17.4 Å². The lowest BCUT2D eigenvalue weighted by atomic mass is 9.97. The average molecular weight is 317 g/mol. The van der Waals surface area contributed by atoms with E-state index in [9.17, 15) is 14.7 Å². The number of carbonyl (C=O) groups is 2. The Balaban J connectivity index is 2.43. The molecule has 0 saturated carbocycles. The van der Waals surface area contributed by atoms with E-state index in [0.29, 0.717) is 5.69 Å². The molecule has 0 spiro atoms. The lowest BCUT2D eigenvalue weighted by Crippen LogP contribution is -2.19. The minimum atomic E-state index is -1.21. The van der Waals surface area contributed by atoms with Crippen LogP contribution in [-0.2, 0) is 9.68 Å². The third-order valence-corrected chi connectivity index (χ3v) is 3.17. The van der Waals surface area contributed by atoms with Crippen LogP contribution >= 0.6 is 0 Å². The number of nitrogens with zero attached hydrogens (tertiary/aromatic N) is 1. The first-order chi connectivity index (χ1) is 11.0. The molecule has 0 bridgehead atoms. The van der Waals surface area contributed by atoms with Crippen molar-refractivity contribution in [2.24, 2.45) is 0 Å². The van der Waals surface area contributed by atoms with Crippen molar-refractivity contribution in [3.05, 3.63) is 59.2 Å². The van der Waals surface area contributed by atoms with Crippen LogP contribution in [0.3, 0.4) is 0 Å². The highest BCUT2D eigenvalue weighted by Gasteiger charge is 2.20. The molecule has 0 aliphatic heterocycles. The van der Waals surface area contributed by atoms with Crippen LogP contribution in [0.4, 0.5) is 5.69 Å². The Kier molecular flexibility index (Phi) is 4.95. The Morgan fingerprint density at radius 1 is 0.957 bits per heavy atom. The molecule has 0 fully saturated rings. The van der Waals surface area contributed by atoms with Crippen LogP contribution in [0.1, 0.15) is 26.3 Å². The van der Waals surface area contributed by atoms with E-state index < -0.39 is 11.8 Å². The van der Waals surface area contributed by atoms with Gasteiger partial charge in [0.1, 0.15) is 5.75 Å². The number of aromatic carboxylic acids is 1. The predicted molar refractivity (Wildman–Crippen MR) is 81.4 cm³/mol. The molecule has 0 radical (unpaired) electrons. The summed E-state index contributed by atoms with van der Waals surface area (Å²) in [4.78, 5) is 33.5. The fourth-order valence-electron chi connectivity index (χ4n) is 2.12. The predicted octanol–water partition coefficient (Wildman–Crippen LogP) is 2.25. The molecule has 0 amide bonds. The Hall–Kier alpha value is -2.90. The summed E-state index contributed by atoms with van der Waals surface area (Å²) in [5, 5.41) is 20.3. The highest BCUT2D eigenvalue weighted by Crippen LogP contribution is 2.27. The highest BCUT2D eigenvalue weighted by molar-refractivity contribution is 6.15. The summed E-state index contributed by atoms with van der Waals surface area (Å²) in [6.07, 6.45) is 0. The number of benzene rings is 2. The third kappa shape index (κ3) is 3.31. The molecule has 2 N–H and O–H groups in total. The highest BCUT2D eigenvalue weighted by atomic mass is 16.9. The molecule has 2 rings (SSSR count). The summed E-state index contributed by atoms with van der Waals surface area (Å²) < 4.78 is 0. The quantitative estimate of drug-likeness (QED) is 0.623. The van der Waals surface area contributed by atoms with E-state index in [1.165, 1.54) is 50.6 Å². The number of carbonyl (C=O) groups excluding carboxylic acids is 1. The molecular formula is C16H15NO6. The summed E-state index contributed by atoms with van der Waals surface area (Å²) in [5.74, 6) is -2.12. The zero-order valence-electron chi connectivity index (χ0n) is 12.5. The van der Waals surface area contributed by atoms with Gasteiger partial charge < -0.3 is 10.2 Å². The fourth-order valence-corrected chi connectivity index (χ4v) is 2.12. The van der Waals surface area contributed by atoms with Gasteiger partial charge in [-0.1, -0.05) is 18.2 Å². The Bertz CT molecular complexity index is 739. The van der Waals surface area contributed by atoms with Crippen molar-refractivity contribution in [2.45, 2.75) is 0 Å². The Labute approximate surface area is 132 Å². The SMILES string of the molecule is CON(OC)c1ccc(C(=O)c2ccccc2C(=O)O)c(O)c1. The molecule has 0 heterocycles. The Morgan fingerprint density at radius 3 is 2.09 bits per heavy atom. The van der Waals surface area contributed by atoms with E-state index in [-0.39, 0.29) is 22.4 Å². The molecule has 0 aliphatic carbocycles. The van der Waals surface area contributed by atoms with Gasteiger partial charge in [-0.15, -0.1) is 5.23 Å². The van der Waals surface area contributed by atoms with Crippen molar-refractivity contribution < 1.29 is 29.5 Å². The molecular weight excluding hydrogens is 302 g/mol. The van der Waals surface area contributed by atoms with E-state index in [2.05, 4.69) is 0 Å². The van der Waals surface area contributed by atoms with Crippen molar-refractivity contribution in [1.82, 2.24) is 0 Å². The number of anilines is 1. The number of hydrogen-bond acceptors (Lipinski definition) is 6. The molecule has 0 aromatic heterocycles. The van der Waals surface area contributed by atoms with Gasteiger partial charge in [0.15, 0.2) is 5.78 Å². The number of carboxylic acids is 1. The maximum Gasteiger partial charge on any atom is 0.336 e. The number of aromatic hydroxyl groups is 1. The van der Waals surface area contributed by atoms with E-state index in [1.54, 1.807) is 6.07 Å². The zero-order chi connectivity index (χ0) is 17.0. The second-order valence-electron chi connectivity index (χ2n) is 4.50. The molecule has 23 heavy (non-hydrogen) atoms. The van der Waals surface area contributed by atoms with E-state index >= 15 is 0 Å². The van der Waals surface area contributed by atoms with Gasteiger partial charge in [-0.05, 0) is 18.2 Å². The maximum absolute atomic E-state index is 12.5. The van der Waals surface area contributed by atoms with Crippen LogP contribution in [0.25, 0.3) is 0 Å². The number of ketones is 1. The standard InChI is InChI=1S/C16H15NO6/c1-22-17(23-2)10-7-8-13(14(18)9-10)15(19)11-5-3-4-6-12(11)16(20)21/h3-9,18H,1-2H3,(H,20,21). The van der Waals surface area contributed by atoms with Gasteiger partial charge in [0, 0.05) is 11.6 Å². The maximum atomic E-state index is 12.5. The van der Waals surface area contributed by atoms with Crippen LogP contribution in [0.15, 0.2) is 42.5 Å². The lowest BCUT2D eigenvalue weighted by molar-refractivity contribution is -0.0433. The molecule has 0 saturated heterocycles. The molecule has 0 aliphatic rings. The fraction of sp³-hybridized carbons (Fsp3) is 0.125. The molecule has 0 unspecified atom stereocenters. The molecule has 2 aromatic carbocycles. The number of rotatable bonds is 6. The van der Waals surface area contributed by atoms with Crippen LogP contribution in [0, 0.1) is 0 Å². The number of phenols is 1. The first-order valence-corrected chi connectivity index (χ1v) is 6.58. The van der Waals surface area contributed by atoms with Crippen molar-refractivity contribution in [1.29, 1.82) is 0 Å². The number of hydrogen-bond donors (Lipinski definition) is 2. The normalized spacial score (nSPS) is 10.3. The topological polar surface area (TPSA) is 96.3 Å². The summed E-state index contributed by atoms with van der Waals surface area (Å²) >= 11 is 0. The molecule has 2 aromatic rings. The minimum absolute atomic E-state index is 0.00149. The first-order valence-electron chi connectivity index (χ1n) is 6.58. The van der Waals surface area contributed by atoms with Crippen LogP contribution in [0.5, 0.6) is 5.75 Å². The van der Waals surface area contributed by atoms with E-state index in [4.69, 9.17) is 14.8 Å². The average Bonchev–Trinajstić information content (AvgIpc) is 2.55. The summed E-state index contributed by atoms with van der Waals surface area (Å²) in [6, 6.07) is 9.97. The van der Waals surface area contributed by atoms with Gasteiger partial charge >= 0.3 is 5.97 Å². The zero-order valence-corrected chi connectivity index (χ0v) is 12.5. The van der Waals surface area contributed by atoms with Gasteiger partial charge in [-0.3, -0.25) is 14.5 Å². The second kappa shape index (κ2) is 6.91. The van der Waals surface area contributed by atoms with Crippen LogP contribution in [0.2, 0.25) is 0 Å². The number of phenolic OH excluding ortho intramolecular Hbond substituents is 1.